The summed E-state index contributed by atoms with van der Waals surface area (Å²) in [6.07, 6.45) is 0.599. The van der Waals surface area contributed by atoms with Crippen LogP contribution in [-0.2, 0) is 15.5 Å². The highest BCUT2D eigenvalue weighted by atomic mass is 35.7. The molecular weight excluding hydrogens is 270 g/mol. The first-order valence-electron chi connectivity index (χ1n) is 4.52. The molecule has 0 fully saturated rings. The molecule has 0 saturated heterocycles. The van der Waals surface area contributed by atoms with E-state index in [-0.39, 0.29) is 16.0 Å². The van der Waals surface area contributed by atoms with Crippen molar-refractivity contribution < 1.29 is 18.1 Å². The maximum Gasteiger partial charge on any atom is 0.281 e. The van der Waals surface area contributed by atoms with Crippen molar-refractivity contribution in [3.63, 3.8) is 0 Å². The molecular formula is C9H8ClNO5S. The monoisotopic (exact) mass is 277 g/mol. The number of hydrogen-bond acceptors (Lipinski definition) is 5. The number of aryl methyl sites for hydroxylation is 1. The average Bonchev–Trinajstić information content (AvgIpc) is 2.25. The summed E-state index contributed by atoms with van der Waals surface area (Å²) in [6.45, 7) is 1.65. The van der Waals surface area contributed by atoms with Crippen LogP contribution in [0.4, 0.5) is 5.69 Å². The van der Waals surface area contributed by atoms with Gasteiger partial charge in [-0.3, -0.25) is 14.9 Å². The van der Waals surface area contributed by atoms with E-state index in [1.165, 1.54) is 6.07 Å². The summed E-state index contributed by atoms with van der Waals surface area (Å²) in [4.78, 5) is 20.2. The lowest BCUT2D eigenvalue weighted by Crippen LogP contribution is -2.03. The molecule has 0 aliphatic rings. The Kier molecular flexibility index (Phi) is 3.84. The van der Waals surface area contributed by atoms with Crippen LogP contribution < -0.4 is 0 Å². The van der Waals surface area contributed by atoms with Gasteiger partial charge in [-0.25, -0.2) is 8.42 Å². The second-order valence-electron chi connectivity index (χ2n) is 3.19. The zero-order chi connectivity index (χ0) is 13.2. The van der Waals surface area contributed by atoms with Crippen molar-refractivity contribution in [2.24, 2.45) is 0 Å². The zero-order valence-electron chi connectivity index (χ0n) is 8.71. The molecule has 0 aliphatic carbocycles. The molecule has 0 spiro atoms. The third kappa shape index (κ3) is 2.80. The van der Waals surface area contributed by atoms with Gasteiger partial charge in [0.15, 0.2) is 6.29 Å². The molecule has 0 aromatic heterocycles. The van der Waals surface area contributed by atoms with Crippen LogP contribution in [0, 0.1) is 10.1 Å². The number of benzene rings is 1. The Morgan fingerprint density at radius 2 is 2.06 bits per heavy atom. The van der Waals surface area contributed by atoms with Crippen molar-refractivity contribution in [3.05, 3.63) is 33.4 Å². The minimum atomic E-state index is -4.07. The van der Waals surface area contributed by atoms with Gasteiger partial charge in [-0.15, -0.1) is 0 Å². The molecule has 0 amide bonds. The van der Waals surface area contributed by atoms with Crippen LogP contribution in [0.5, 0.6) is 0 Å². The number of rotatable bonds is 4. The van der Waals surface area contributed by atoms with E-state index in [4.69, 9.17) is 10.7 Å². The Hall–Kier alpha value is -1.47. The fourth-order valence-corrected chi connectivity index (χ4v) is 2.59. The predicted molar refractivity (Wildman–Crippen MR) is 60.9 cm³/mol. The molecule has 0 radical (unpaired) electrons. The van der Waals surface area contributed by atoms with Crippen LogP contribution in [0.1, 0.15) is 22.8 Å². The summed E-state index contributed by atoms with van der Waals surface area (Å²) in [7, 11) is 1.10. The second kappa shape index (κ2) is 4.80. The van der Waals surface area contributed by atoms with Gasteiger partial charge in [-0.1, -0.05) is 6.92 Å². The highest BCUT2D eigenvalue weighted by Crippen LogP contribution is 2.28. The van der Waals surface area contributed by atoms with Crippen LogP contribution in [0.15, 0.2) is 17.0 Å². The normalized spacial score (nSPS) is 11.2. The van der Waals surface area contributed by atoms with Crippen molar-refractivity contribution in [2.45, 2.75) is 18.2 Å². The molecule has 0 atom stereocenters. The van der Waals surface area contributed by atoms with E-state index >= 15 is 0 Å². The minimum Gasteiger partial charge on any atom is -0.298 e. The maximum absolute atomic E-state index is 11.2. The van der Waals surface area contributed by atoms with E-state index < -0.39 is 19.7 Å². The molecule has 0 heterocycles. The predicted octanol–water partition coefficient (Wildman–Crippen LogP) is 1.90. The molecule has 1 rings (SSSR count). The number of nitro benzene ring substituents is 1. The number of carbonyl (C=O) groups is 1. The molecule has 1 aromatic rings. The van der Waals surface area contributed by atoms with Gasteiger partial charge in [-0.2, -0.15) is 0 Å². The number of halogens is 1. The second-order valence-corrected chi connectivity index (χ2v) is 5.72. The smallest absolute Gasteiger partial charge is 0.281 e. The van der Waals surface area contributed by atoms with E-state index in [9.17, 15) is 23.3 Å². The highest BCUT2D eigenvalue weighted by molar-refractivity contribution is 8.13. The third-order valence-electron chi connectivity index (χ3n) is 2.18. The van der Waals surface area contributed by atoms with Gasteiger partial charge in [-0.05, 0) is 18.1 Å². The first kappa shape index (κ1) is 13.6. The fourth-order valence-electron chi connectivity index (χ4n) is 1.39. The van der Waals surface area contributed by atoms with Crippen molar-refractivity contribution >= 4 is 31.7 Å². The van der Waals surface area contributed by atoms with Crippen LogP contribution in [0.25, 0.3) is 0 Å². The quantitative estimate of drug-likeness (QED) is 0.362. The number of nitro groups is 1. The Bertz CT molecular complexity index is 581. The summed E-state index contributed by atoms with van der Waals surface area (Å²) in [5, 5.41) is 10.7. The Morgan fingerprint density at radius 3 is 2.41 bits per heavy atom. The van der Waals surface area contributed by atoms with Gasteiger partial charge in [0.1, 0.15) is 0 Å². The van der Waals surface area contributed by atoms with Gasteiger partial charge >= 0.3 is 0 Å². The molecule has 92 valence electrons. The van der Waals surface area contributed by atoms with E-state index in [0.717, 1.165) is 6.07 Å². The largest absolute Gasteiger partial charge is 0.298 e. The number of aldehydes is 1. The Balaban J connectivity index is 3.68. The standard InChI is InChI=1S/C9H8ClNO5S/c1-2-6-3-7(5-12)8(11(13)14)4-9(6)17(10,15)16/h3-5H,2H2,1H3. The topological polar surface area (TPSA) is 94.3 Å². The Morgan fingerprint density at radius 1 is 1.47 bits per heavy atom. The molecule has 0 saturated carbocycles. The van der Waals surface area contributed by atoms with Crippen LogP contribution >= 0.6 is 10.7 Å². The van der Waals surface area contributed by atoms with Gasteiger partial charge in [0.2, 0.25) is 0 Å². The SMILES string of the molecule is CCc1cc(C=O)c([N+](=O)[O-])cc1S(=O)(=O)Cl. The number of nitrogens with zero attached hydrogens (tertiary/aromatic N) is 1. The Labute approximate surface area is 102 Å². The molecule has 17 heavy (non-hydrogen) atoms. The molecule has 8 heteroatoms. The van der Waals surface area contributed by atoms with Crippen molar-refractivity contribution in [3.8, 4) is 0 Å². The van der Waals surface area contributed by atoms with E-state index in [2.05, 4.69) is 0 Å². The highest BCUT2D eigenvalue weighted by Gasteiger charge is 2.23. The number of carbonyl (C=O) groups excluding carboxylic acids is 1. The van der Waals surface area contributed by atoms with Gasteiger partial charge in [0.05, 0.1) is 15.4 Å². The van der Waals surface area contributed by atoms with Crippen LogP contribution in [-0.4, -0.2) is 19.6 Å². The molecule has 1 aromatic carbocycles. The first-order chi connectivity index (χ1) is 7.81. The number of hydrogen-bond donors (Lipinski definition) is 0. The summed E-state index contributed by atoms with van der Waals surface area (Å²) in [6, 6.07) is 1.98. The van der Waals surface area contributed by atoms with E-state index in [1.807, 2.05) is 0 Å². The molecule has 0 unspecified atom stereocenters. The van der Waals surface area contributed by atoms with Crippen molar-refractivity contribution in [1.82, 2.24) is 0 Å². The van der Waals surface area contributed by atoms with Gasteiger partial charge in [0, 0.05) is 16.7 Å². The lowest BCUT2D eigenvalue weighted by atomic mass is 10.1. The van der Waals surface area contributed by atoms with Gasteiger partial charge < -0.3 is 0 Å². The van der Waals surface area contributed by atoms with E-state index in [1.54, 1.807) is 6.92 Å². The average molecular weight is 278 g/mol. The molecule has 0 N–H and O–H groups in total. The first-order valence-corrected chi connectivity index (χ1v) is 6.83. The third-order valence-corrected chi connectivity index (χ3v) is 3.58. The summed E-state index contributed by atoms with van der Waals surface area (Å²) < 4.78 is 22.5. The summed E-state index contributed by atoms with van der Waals surface area (Å²) in [5.41, 5.74) is -0.472. The minimum absolute atomic E-state index is 0.170. The molecule has 6 nitrogen and oxygen atoms in total. The molecule has 0 aliphatic heterocycles. The van der Waals surface area contributed by atoms with Crippen molar-refractivity contribution in [1.29, 1.82) is 0 Å². The lowest BCUT2D eigenvalue weighted by molar-refractivity contribution is -0.385. The van der Waals surface area contributed by atoms with Gasteiger partial charge in [0.25, 0.3) is 14.7 Å². The summed E-state index contributed by atoms with van der Waals surface area (Å²) >= 11 is 0. The lowest BCUT2D eigenvalue weighted by Gasteiger charge is -2.05. The van der Waals surface area contributed by atoms with Crippen LogP contribution in [0.2, 0.25) is 0 Å². The molecule has 0 bridgehead atoms. The van der Waals surface area contributed by atoms with Crippen LogP contribution in [0.3, 0.4) is 0 Å². The summed E-state index contributed by atoms with van der Waals surface area (Å²) in [5.74, 6) is 0. The van der Waals surface area contributed by atoms with Crippen molar-refractivity contribution in [2.75, 3.05) is 0 Å². The maximum atomic E-state index is 11.2. The zero-order valence-corrected chi connectivity index (χ0v) is 10.3. The fraction of sp³-hybridized carbons (Fsp3) is 0.222. The van der Waals surface area contributed by atoms with E-state index in [0.29, 0.717) is 12.7 Å².